The topological polar surface area (TPSA) is 107 Å². The molecule has 3 aliphatic heterocycles. The Kier molecular flexibility index (Phi) is 7.30. The molecule has 2 aliphatic carbocycles. The van der Waals surface area contributed by atoms with Crippen molar-refractivity contribution in [2.24, 2.45) is 17.8 Å². The molecule has 4 fully saturated rings. The molecule has 2 aromatic rings. The molecule has 0 spiro atoms. The molecule has 11 heteroatoms. The molecule has 1 saturated carbocycles. The number of benzene rings is 2. The van der Waals surface area contributed by atoms with Gasteiger partial charge in [-0.15, -0.1) is 23.2 Å². The molecule has 6 unspecified atom stereocenters. The van der Waals surface area contributed by atoms with Gasteiger partial charge in [-0.3, -0.25) is 33.9 Å². The summed E-state index contributed by atoms with van der Waals surface area (Å²) in [4.78, 5) is 56.6. The van der Waals surface area contributed by atoms with Crippen molar-refractivity contribution in [3.8, 4) is 11.5 Å². The number of piperidine rings is 1. The fourth-order valence-corrected chi connectivity index (χ4v) is 9.55. The maximum Gasteiger partial charge on any atom is 0.253 e. The number of imide groups is 2. The summed E-state index contributed by atoms with van der Waals surface area (Å²) in [6.45, 7) is 2.34. The third kappa shape index (κ3) is 4.30. The van der Waals surface area contributed by atoms with Crippen molar-refractivity contribution in [3.63, 3.8) is 0 Å². The summed E-state index contributed by atoms with van der Waals surface area (Å²) in [6, 6.07) is 14.6. The lowest BCUT2D eigenvalue weighted by molar-refractivity contribution is -0.144. The molecule has 6 atom stereocenters. The van der Waals surface area contributed by atoms with Crippen LogP contribution in [0.25, 0.3) is 0 Å². The highest BCUT2D eigenvalue weighted by molar-refractivity contribution is 6.53. The summed E-state index contributed by atoms with van der Waals surface area (Å²) in [5.74, 6) is -4.52. The number of phenolic OH excluding ortho intramolecular Hbond substituents is 1. The smallest absolute Gasteiger partial charge is 0.253 e. The zero-order valence-electron chi connectivity index (χ0n) is 25.1. The molecule has 5 aliphatic rings. The zero-order chi connectivity index (χ0) is 31.8. The Morgan fingerprint density at radius 2 is 1.67 bits per heavy atom. The lowest BCUT2D eigenvalue weighted by Crippen LogP contribution is -2.60. The van der Waals surface area contributed by atoms with Gasteiger partial charge in [-0.1, -0.05) is 42.0 Å². The molecular weight excluding hydrogens is 617 g/mol. The molecule has 0 radical (unpaired) electrons. The van der Waals surface area contributed by atoms with Crippen LogP contribution in [0.1, 0.15) is 42.7 Å². The van der Waals surface area contributed by atoms with Crippen LogP contribution in [0, 0.1) is 17.8 Å². The number of ether oxygens (including phenoxy) is 1. The van der Waals surface area contributed by atoms with Crippen molar-refractivity contribution in [2.45, 2.75) is 53.9 Å². The number of halogens is 2. The van der Waals surface area contributed by atoms with E-state index in [2.05, 4.69) is 17.0 Å². The third-order valence-corrected chi connectivity index (χ3v) is 12.2. The zero-order valence-corrected chi connectivity index (χ0v) is 26.6. The third-order valence-electron chi connectivity index (χ3n) is 10.8. The van der Waals surface area contributed by atoms with Crippen molar-refractivity contribution >= 4 is 46.8 Å². The molecule has 236 valence electrons. The highest BCUT2D eigenvalue weighted by atomic mass is 35.5. The van der Waals surface area contributed by atoms with E-state index in [9.17, 15) is 24.3 Å². The molecule has 0 bridgehead atoms. The van der Waals surface area contributed by atoms with Crippen molar-refractivity contribution in [1.82, 2.24) is 14.7 Å². The summed E-state index contributed by atoms with van der Waals surface area (Å²) in [5, 5.41) is 11.1. The second kappa shape index (κ2) is 10.9. The van der Waals surface area contributed by atoms with E-state index in [4.69, 9.17) is 27.9 Å². The number of allylic oxidation sites excluding steroid dienone is 2. The Labute approximate surface area is 271 Å². The lowest BCUT2D eigenvalue weighted by atomic mass is 9.56. The predicted molar refractivity (Wildman–Crippen MR) is 167 cm³/mol. The number of methoxy groups -OCH3 is 1. The van der Waals surface area contributed by atoms with Gasteiger partial charge in [0.2, 0.25) is 11.8 Å². The Bertz CT molecular complexity index is 1620. The second-order valence-corrected chi connectivity index (χ2v) is 14.2. The minimum atomic E-state index is -1.96. The lowest BCUT2D eigenvalue weighted by Gasteiger charge is -2.50. The number of fused-ring (bicyclic) bond motifs is 4. The van der Waals surface area contributed by atoms with E-state index >= 15 is 0 Å². The van der Waals surface area contributed by atoms with E-state index in [1.807, 2.05) is 24.3 Å². The number of carbonyl (C=O) groups is 4. The largest absolute Gasteiger partial charge is 0.508 e. The number of alkyl halides is 2. The van der Waals surface area contributed by atoms with E-state index in [1.54, 1.807) is 12.1 Å². The minimum Gasteiger partial charge on any atom is -0.508 e. The molecule has 0 aromatic heterocycles. The number of likely N-dealkylation sites (tertiary alicyclic amines) is 3. The van der Waals surface area contributed by atoms with E-state index < -0.39 is 45.2 Å². The van der Waals surface area contributed by atoms with Crippen LogP contribution >= 0.6 is 23.2 Å². The maximum absolute atomic E-state index is 14.3. The molecule has 3 heterocycles. The van der Waals surface area contributed by atoms with Gasteiger partial charge in [-0.05, 0) is 55.4 Å². The second-order valence-electron chi connectivity index (χ2n) is 13.0. The number of hydrogen-bond acceptors (Lipinski definition) is 7. The Morgan fingerprint density at radius 1 is 0.956 bits per heavy atom. The van der Waals surface area contributed by atoms with E-state index in [0.29, 0.717) is 24.2 Å². The van der Waals surface area contributed by atoms with Gasteiger partial charge in [-0.25, -0.2) is 0 Å². The maximum atomic E-state index is 14.3. The van der Waals surface area contributed by atoms with Crippen LogP contribution in [-0.2, 0) is 25.7 Å². The number of phenols is 1. The van der Waals surface area contributed by atoms with Crippen LogP contribution in [0.3, 0.4) is 0 Å². The predicted octanol–water partition coefficient (Wildman–Crippen LogP) is 4.05. The SMILES string of the molecule is COc1ccc(O)c(C2C3=CCC4C(=O)N(C5CCN(Cc6ccccc6)CC5)C(=O)C4C3CC3(Cl)C(=O)N(C)C(=O)C23Cl)c1. The first-order chi connectivity index (χ1) is 21.5. The van der Waals surface area contributed by atoms with Gasteiger partial charge in [0, 0.05) is 44.2 Å². The normalized spacial score (nSPS) is 33.6. The summed E-state index contributed by atoms with van der Waals surface area (Å²) in [6.07, 6.45) is 3.44. The van der Waals surface area contributed by atoms with Crippen molar-refractivity contribution in [3.05, 3.63) is 71.3 Å². The van der Waals surface area contributed by atoms with Gasteiger partial charge in [-0.2, -0.15) is 0 Å². The van der Waals surface area contributed by atoms with Crippen molar-refractivity contribution in [2.75, 3.05) is 27.2 Å². The van der Waals surface area contributed by atoms with Crippen LogP contribution in [0.2, 0.25) is 0 Å². The summed E-state index contributed by atoms with van der Waals surface area (Å²) >= 11 is 14.5. The highest BCUT2D eigenvalue weighted by Crippen LogP contribution is 2.66. The molecule has 45 heavy (non-hydrogen) atoms. The van der Waals surface area contributed by atoms with Gasteiger partial charge in [0.1, 0.15) is 11.5 Å². The van der Waals surface area contributed by atoms with E-state index in [-0.39, 0.29) is 42.0 Å². The quantitative estimate of drug-likeness (QED) is 0.295. The average molecular weight is 653 g/mol. The monoisotopic (exact) mass is 651 g/mol. The number of carbonyl (C=O) groups excluding carboxylic acids is 4. The number of rotatable bonds is 5. The number of hydrogen-bond donors (Lipinski definition) is 1. The van der Waals surface area contributed by atoms with Crippen LogP contribution < -0.4 is 4.74 Å². The Morgan fingerprint density at radius 3 is 2.36 bits per heavy atom. The molecular formula is C34H35Cl2N3O6. The number of nitrogens with zero attached hydrogens (tertiary/aromatic N) is 3. The Balaban J connectivity index is 1.22. The average Bonchev–Trinajstić information content (AvgIpc) is 3.37. The first-order valence-electron chi connectivity index (χ1n) is 15.4. The van der Waals surface area contributed by atoms with Crippen molar-refractivity contribution in [1.29, 1.82) is 0 Å². The van der Waals surface area contributed by atoms with Gasteiger partial charge in [0.05, 0.1) is 18.9 Å². The fourth-order valence-electron chi connectivity index (χ4n) is 8.54. The van der Waals surface area contributed by atoms with Gasteiger partial charge in [0.25, 0.3) is 11.8 Å². The standard InChI is InChI=1S/C34H35Cl2N3O6/c1-37-31(43)33(35)17-25-22(28(34(33,36)32(37)44)24-16-21(45-2)8-11-26(24)40)9-10-23-27(25)30(42)39(29(23)41)20-12-14-38(15-13-20)18-19-6-4-3-5-7-19/h3-9,11,16,20,23,25,27-28,40H,10,12-15,17-18H2,1-2H3. The molecule has 2 aromatic carbocycles. The van der Waals surface area contributed by atoms with Gasteiger partial charge in [0.15, 0.2) is 9.75 Å². The van der Waals surface area contributed by atoms with Crippen molar-refractivity contribution < 1.29 is 29.0 Å². The van der Waals surface area contributed by atoms with Crippen LogP contribution in [0.15, 0.2) is 60.2 Å². The first kappa shape index (κ1) is 30.3. The van der Waals surface area contributed by atoms with Crippen LogP contribution in [0.5, 0.6) is 11.5 Å². The number of aromatic hydroxyl groups is 1. The molecule has 3 saturated heterocycles. The van der Waals surface area contributed by atoms with Crippen LogP contribution in [-0.4, -0.2) is 86.5 Å². The van der Waals surface area contributed by atoms with Gasteiger partial charge < -0.3 is 9.84 Å². The summed E-state index contributed by atoms with van der Waals surface area (Å²) in [5.41, 5.74) is 2.14. The molecule has 9 nitrogen and oxygen atoms in total. The Hall–Kier alpha value is -3.40. The summed E-state index contributed by atoms with van der Waals surface area (Å²) < 4.78 is 5.42. The first-order valence-corrected chi connectivity index (χ1v) is 16.2. The van der Waals surface area contributed by atoms with E-state index in [1.165, 1.54) is 30.7 Å². The molecule has 4 amide bonds. The fraction of sp³-hybridized carbons (Fsp3) is 0.471. The highest BCUT2D eigenvalue weighted by Gasteiger charge is 2.76. The molecule has 7 rings (SSSR count). The van der Waals surface area contributed by atoms with Gasteiger partial charge >= 0.3 is 0 Å². The van der Waals surface area contributed by atoms with E-state index in [0.717, 1.165) is 24.5 Å². The minimum absolute atomic E-state index is 0.0798. The van der Waals surface area contributed by atoms with Crippen LogP contribution in [0.4, 0.5) is 0 Å². The summed E-state index contributed by atoms with van der Waals surface area (Å²) in [7, 11) is 2.82. The molecule has 1 N–H and O–H groups in total. The number of amides is 4.